The standard InChI is InChI=1S/C6H14BF3NO.K/c1-6(4-12-3)11(2)5-7(8,9)10;/h6H,4-5H2,1-3H3;/q-1;+1. The first-order valence-corrected chi connectivity index (χ1v) is 3.77. The molecule has 1 atom stereocenters. The summed E-state index contributed by atoms with van der Waals surface area (Å²) >= 11 is 0. The van der Waals surface area contributed by atoms with E-state index in [-0.39, 0.29) is 57.4 Å². The third-order valence-electron chi connectivity index (χ3n) is 1.66. The van der Waals surface area contributed by atoms with Crippen molar-refractivity contribution in [3.05, 3.63) is 0 Å². The molecule has 0 saturated heterocycles. The fraction of sp³-hybridized carbons (Fsp3) is 1.00. The summed E-state index contributed by atoms with van der Waals surface area (Å²) in [7, 11) is 2.92. The second kappa shape index (κ2) is 7.67. The topological polar surface area (TPSA) is 12.5 Å². The molecular weight excluding hydrogens is 209 g/mol. The minimum absolute atomic E-state index is 0. The molecule has 0 N–H and O–H groups in total. The van der Waals surface area contributed by atoms with Crippen molar-refractivity contribution in [2.24, 2.45) is 0 Å². The zero-order valence-corrected chi connectivity index (χ0v) is 11.7. The average Bonchev–Trinajstić information content (AvgIpc) is 1.84. The maximum absolute atomic E-state index is 11.9. The van der Waals surface area contributed by atoms with Gasteiger partial charge in [0.2, 0.25) is 0 Å². The Kier molecular flexibility index (Phi) is 9.93. The van der Waals surface area contributed by atoms with Gasteiger partial charge < -0.3 is 22.6 Å². The molecule has 0 aromatic carbocycles. The van der Waals surface area contributed by atoms with Crippen molar-refractivity contribution in [2.45, 2.75) is 13.0 Å². The van der Waals surface area contributed by atoms with E-state index in [1.807, 2.05) is 0 Å². The molecular formula is C6H14BF3KNO. The third-order valence-corrected chi connectivity index (χ3v) is 1.66. The van der Waals surface area contributed by atoms with Crippen molar-refractivity contribution >= 4 is 6.98 Å². The Morgan fingerprint density at radius 3 is 2.15 bits per heavy atom. The minimum Gasteiger partial charge on any atom is -0.448 e. The van der Waals surface area contributed by atoms with Gasteiger partial charge in [-0.15, -0.1) is 0 Å². The molecule has 0 heterocycles. The van der Waals surface area contributed by atoms with Gasteiger partial charge >= 0.3 is 58.4 Å². The molecule has 0 saturated carbocycles. The number of likely N-dealkylation sites (N-methyl/N-ethyl adjacent to an activating group) is 1. The van der Waals surface area contributed by atoms with Crippen molar-refractivity contribution in [1.29, 1.82) is 0 Å². The molecule has 0 aliphatic rings. The largest absolute Gasteiger partial charge is 1.00 e. The van der Waals surface area contributed by atoms with Crippen LogP contribution in [0.25, 0.3) is 0 Å². The molecule has 13 heavy (non-hydrogen) atoms. The first-order chi connectivity index (χ1) is 5.37. The van der Waals surface area contributed by atoms with Crippen molar-refractivity contribution in [3.63, 3.8) is 0 Å². The van der Waals surface area contributed by atoms with Crippen LogP contribution in [0.4, 0.5) is 12.9 Å². The normalized spacial score (nSPS) is 14.1. The molecule has 0 fully saturated rings. The molecule has 74 valence electrons. The molecule has 0 aliphatic carbocycles. The fourth-order valence-corrected chi connectivity index (χ4v) is 0.875. The van der Waals surface area contributed by atoms with Crippen molar-refractivity contribution in [1.82, 2.24) is 4.90 Å². The summed E-state index contributed by atoms with van der Waals surface area (Å²) in [4.78, 5) is 1.24. The predicted molar refractivity (Wildman–Crippen MR) is 43.0 cm³/mol. The van der Waals surface area contributed by atoms with Crippen LogP contribution in [-0.4, -0.2) is 45.1 Å². The van der Waals surface area contributed by atoms with Crippen LogP contribution in [0.3, 0.4) is 0 Å². The molecule has 0 bridgehead atoms. The molecule has 0 amide bonds. The average molecular weight is 223 g/mol. The van der Waals surface area contributed by atoms with Crippen molar-refractivity contribution < 1.29 is 69.1 Å². The van der Waals surface area contributed by atoms with E-state index in [0.717, 1.165) is 0 Å². The monoisotopic (exact) mass is 223 g/mol. The minimum atomic E-state index is -4.72. The van der Waals surface area contributed by atoms with Gasteiger partial charge in [0.15, 0.2) is 0 Å². The number of rotatable bonds is 5. The second-order valence-corrected chi connectivity index (χ2v) is 2.95. The Morgan fingerprint density at radius 2 is 1.85 bits per heavy atom. The van der Waals surface area contributed by atoms with Gasteiger partial charge in [0.1, 0.15) is 0 Å². The van der Waals surface area contributed by atoms with E-state index in [1.54, 1.807) is 6.92 Å². The van der Waals surface area contributed by atoms with Gasteiger partial charge in [-0.25, -0.2) is 0 Å². The Hall–Kier alpha value is 1.41. The molecule has 0 radical (unpaired) electrons. The zero-order chi connectivity index (χ0) is 9.78. The zero-order valence-electron chi connectivity index (χ0n) is 8.56. The fourth-order valence-electron chi connectivity index (χ4n) is 0.875. The summed E-state index contributed by atoms with van der Waals surface area (Å²) in [5.41, 5.74) is 0. The number of nitrogens with zero attached hydrogens (tertiary/aromatic N) is 1. The summed E-state index contributed by atoms with van der Waals surface area (Å²) < 4.78 is 40.4. The Morgan fingerprint density at radius 1 is 1.38 bits per heavy atom. The second-order valence-electron chi connectivity index (χ2n) is 2.95. The molecule has 2 nitrogen and oxygen atoms in total. The van der Waals surface area contributed by atoms with Crippen LogP contribution < -0.4 is 51.4 Å². The summed E-state index contributed by atoms with van der Waals surface area (Å²) in [5, 5.41) is 0. The van der Waals surface area contributed by atoms with Gasteiger partial charge in [-0.3, -0.25) is 0 Å². The van der Waals surface area contributed by atoms with E-state index in [9.17, 15) is 12.9 Å². The van der Waals surface area contributed by atoms with Crippen LogP contribution in [0, 0.1) is 0 Å². The van der Waals surface area contributed by atoms with Gasteiger partial charge in [0, 0.05) is 13.2 Å². The summed E-state index contributed by atoms with van der Waals surface area (Å²) in [6.45, 7) is -2.70. The van der Waals surface area contributed by atoms with Gasteiger partial charge in [-0.05, 0) is 20.4 Å². The van der Waals surface area contributed by atoms with Crippen LogP contribution in [0.1, 0.15) is 6.92 Å². The Balaban J connectivity index is 0. The van der Waals surface area contributed by atoms with E-state index >= 15 is 0 Å². The Labute approximate surface area is 120 Å². The molecule has 7 heteroatoms. The SMILES string of the molecule is COCC(C)N(C)C[B-](F)(F)F.[K+]. The van der Waals surface area contributed by atoms with Gasteiger partial charge in [0.05, 0.1) is 6.61 Å². The first kappa shape index (κ1) is 16.8. The molecule has 0 spiro atoms. The maximum Gasteiger partial charge on any atom is 1.00 e. The molecule has 1 unspecified atom stereocenters. The van der Waals surface area contributed by atoms with Gasteiger partial charge in [0.25, 0.3) is 0 Å². The van der Waals surface area contributed by atoms with E-state index in [2.05, 4.69) is 0 Å². The van der Waals surface area contributed by atoms with E-state index in [4.69, 9.17) is 4.74 Å². The maximum atomic E-state index is 11.9. The molecule has 0 aromatic rings. The first-order valence-electron chi connectivity index (χ1n) is 3.77. The number of halogens is 3. The third kappa shape index (κ3) is 9.71. The van der Waals surface area contributed by atoms with Gasteiger partial charge in [-0.2, -0.15) is 0 Å². The van der Waals surface area contributed by atoms with Crippen molar-refractivity contribution in [3.8, 4) is 0 Å². The molecule has 0 rings (SSSR count). The van der Waals surface area contributed by atoms with Crippen LogP contribution >= 0.6 is 0 Å². The van der Waals surface area contributed by atoms with Crippen LogP contribution in [0.5, 0.6) is 0 Å². The van der Waals surface area contributed by atoms with Gasteiger partial charge in [-0.1, -0.05) is 0 Å². The van der Waals surface area contributed by atoms with E-state index in [0.29, 0.717) is 6.61 Å². The molecule has 0 aromatic heterocycles. The number of hydrogen-bond acceptors (Lipinski definition) is 2. The van der Waals surface area contributed by atoms with Crippen LogP contribution in [0.15, 0.2) is 0 Å². The van der Waals surface area contributed by atoms with Crippen LogP contribution in [-0.2, 0) is 4.74 Å². The quantitative estimate of drug-likeness (QED) is 0.517. The summed E-state index contributed by atoms with van der Waals surface area (Å²) in [5.74, 6) is 0. The van der Waals surface area contributed by atoms with E-state index < -0.39 is 13.4 Å². The van der Waals surface area contributed by atoms with Crippen LogP contribution in [0.2, 0.25) is 0 Å². The summed E-state index contributed by atoms with van der Waals surface area (Å²) in [6, 6.07) is -0.196. The predicted octanol–water partition coefficient (Wildman–Crippen LogP) is -1.66. The number of methoxy groups -OCH3 is 1. The molecule has 0 aliphatic heterocycles. The van der Waals surface area contributed by atoms with E-state index in [1.165, 1.54) is 19.1 Å². The van der Waals surface area contributed by atoms with Crippen molar-refractivity contribution in [2.75, 3.05) is 27.2 Å². The Bertz CT molecular complexity index is 136. The number of ether oxygens (including phenoxy) is 1. The summed E-state index contributed by atoms with van der Waals surface area (Å²) in [6.07, 6.45) is -0.829. The number of hydrogen-bond donors (Lipinski definition) is 0. The smallest absolute Gasteiger partial charge is 0.448 e.